The van der Waals surface area contributed by atoms with Gasteiger partial charge in [0.15, 0.2) is 0 Å². The van der Waals surface area contributed by atoms with E-state index in [4.69, 9.17) is 4.74 Å². The predicted molar refractivity (Wildman–Crippen MR) is 95.0 cm³/mol. The van der Waals surface area contributed by atoms with Crippen LogP contribution in [0.1, 0.15) is 5.56 Å². The minimum absolute atomic E-state index is 0.0649. The Morgan fingerprint density at radius 2 is 1.93 bits per heavy atom. The number of hydrogen-bond donors (Lipinski definition) is 0. The second-order valence-corrected chi connectivity index (χ2v) is 5.77. The molecule has 0 aliphatic rings. The fraction of sp³-hybridized carbons (Fsp3) is 0.0500. The van der Waals surface area contributed by atoms with Crippen LogP contribution in [0.3, 0.4) is 0 Å². The summed E-state index contributed by atoms with van der Waals surface area (Å²) in [7, 11) is 1.50. The first kappa shape index (κ1) is 16.7. The van der Waals surface area contributed by atoms with Crippen LogP contribution in [-0.2, 0) is 0 Å². The summed E-state index contributed by atoms with van der Waals surface area (Å²) < 4.78 is 34.9. The lowest BCUT2D eigenvalue weighted by Gasteiger charge is -2.09. The third-order valence-electron chi connectivity index (χ3n) is 4.24. The van der Waals surface area contributed by atoms with Crippen LogP contribution in [0.4, 0.5) is 8.78 Å². The lowest BCUT2D eigenvalue weighted by atomic mass is 9.97. The summed E-state index contributed by atoms with van der Waals surface area (Å²) in [4.78, 5) is 8.42. The third-order valence-corrected chi connectivity index (χ3v) is 4.24. The molecule has 2 aromatic carbocycles. The van der Waals surface area contributed by atoms with Crippen molar-refractivity contribution in [3.8, 4) is 34.3 Å². The lowest BCUT2D eigenvalue weighted by Crippen LogP contribution is -1.95. The van der Waals surface area contributed by atoms with Gasteiger partial charge in [0.1, 0.15) is 11.6 Å². The number of nitrogens with zero attached hydrogens (tertiary/aromatic N) is 4. The van der Waals surface area contributed by atoms with Crippen molar-refractivity contribution in [1.29, 1.82) is 5.26 Å². The summed E-state index contributed by atoms with van der Waals surface area (Å²) >= 11 is 0. The van der Waals surface area contributed by atoms with E-state index < -0.39 is 11.6 Å². The highest BCUT2D eigenvalue weighted by atomic mass is 19.1. The van der Waals surface area contributed by atoms with E-state index >= 15 is 0 Å². The highest BCUT2D eigenvalue weighted by Crippen LogP contribution is 2.32. The van der Waals surface area contributed by atoms with E-state index in [0.717, 1.165) is 6.07 Å². The molecule has 0 amide bonds. The van der Waals surface area contributed by atoms with E-state index in [0.29, 0.717) is 28.3 Å². The lowest BCUT2D eigenvalue weighted by molar-refractivity contribution is 0.400. The Hall–Kier alpha value is -3.79. The molecule has 2 heterocycles. The first-order chi connectivity index (χ1) is 13.1. The van der Waals surface area contributed by atoms with Crippen LogP contribution >= 0.6 is 0 Å². The molecule has 0 saturated carbocycles. The monoisotopic (exact) mass is 362 g/mol. The van der Waals surface area contributed by atoms with Gasteiger partial charge in [-0.3, -0.25) is 4.40 Å². The number of rotatable bonds is 3. The molecule has 4 rings (SSSR count). The van der Waals surface area contributed by atoms with E-state index in [1.807, 2.05) is 6.07 Å². The largest absolute Gasteiger partial charge is 0.478 e. The van der Waals surface area contributed by atoms with E-state index in [2.05, 4.69) is 9.97 Å². The second kappa shape index (κ2) is 6.50. The van der Waals surface area contributed by atoms with Crippen LogP contribution in [0.2, 0.25) is 0 Å². The molecule has 0 fully saturated rings. The van der Waals surface area contributed by atoms with Gasteiger partial charge in [0.25, 0.3) is 5.88 Å². The Bertz CT molecular complexity index is 1210. The number of benzene rings is 2. The standard InChI is InChI=1S/C20H12F2N4O/c1-27-20-19-25-11-18(26(19)7-6-24-20)12-2-5-17(22)16(9-12)15-4-3-14(21)8-13(15)10-23/h2-9,11H,1H3. The first-order valence-electron chi connectivity index (χ1n) is 7.98. The zero-order chi connectivity index (χ0) is 19.0. The molecule has 0 bridgehead atoms. The predicted octanol–water partition coefficient (Wildman–Crippen LogP) is 4.22. The van der Waals surface area contributed by atoms with Gasteiger partial charge in [-0.1, -0.05) is 6.07 Å². The van der Waals surface area contributed by atoms with E-state index in [-0.39, 0.29) is 11.1 Å². The molecular formula is C20H12F2N4O. The number of hydrogen-bond acceptors (Lipinski definition) is 4. The maximum absolute atomic E-state index is 14.5. The van der Waals surface area contributed by atoms with E-state index in [1.54, 1.807) is 35.1 Å². The van der Waals surface area contributed by atoms with Crippen molar-refractivity contribution in [3.63, 3.8) is 0 Å². The van der Waals surface area contributed by atoms with Gasteiger partial charge >= 0.3 is 0 Å². The molecule has 4 aromatic rings. The Balaban J connectivity index is 1.91. The summed E-state index contributed by atoms with van der Waals surface area (Å²) in [6.45, 7) is 0. The topological polar surface area (TPSA) is 63.2 Å². The Kier molecular flexibility index (Phi) is 4.01. The van der Waals surface area contributed by atoms with Crippen LogP contribution in [0.15, 0.2) is 55.0 Å². The van der Waals surface area contributed by atoms with Crippen molar-refractivity contribution in [2.75, 3.05) is 7.11 Å². The smallest absolute Gasteiger partial charge is 0.258 e. The molecule has 0 aliphatic carbocycles. The molecule has 0 N–H and O–H groups in total. The normalized spacial score (nSPS) is 10.7. The van der Waals surface area contributed by atoms with Gasteiger partial charge in [0.2, 0.25) is 5.65 Å². The van der Waals surface area contributed by atoms with Crippen molar-refractivity contribution in [2.45, 2.75) is 0 Å². The second-order valence-electron chi connectivity index (χ2n) is 5.77. The Labute approximate surface area is 153 Å². The highest BCUT2D eigenvalue weighted by molar-refractivity contribution is 5.77. The summed E-state index contributed by atoms with van der Waals surface area (Å²) in [6, 6.07) is 10.1. The number of ether oxygens (including phenoxy) is 1. The average Bonchev–Trinajstić information content (AvgIpc) is 3.12. The number of aromatic nitrogens is 3. The van der Waals surface area contributed by atoms with Crippen molar-refractivity contribution < 1.29 is 13.5 Å². The minimum atomic E-state index is -0.548. The summed E-state index contributed by atoms with van der Waals surface area (Å²) in [6.07, 6.45) is 4.93. The highest BCUT2D eigenvalue weighted by Gasteiger charge is 2.15. The maximum atomic E-state index is 14.5. The fourth-order valence-corrected chi connectivity index (χ4v) is 2.99. The molecule has 132 valence electrons. The summed E-state index contributed by atoms with van der Waals surface area (Å²) in [5, 5.41) is 9.27. The van der Waals surface area contributed by atoms with E-state index in [9.17, 15) is 14.0 Å². The Morgan fingerprint density at radius 3 is 2.70 bits per heavy atom. The van der Waals surface area contributed by atoms with Gasteiger partial charge in [0.05, 0.1) is 30.6 Å². The number of nitriles is 1. The van der Waals surface area contributed by atoms with Gasteiger partial charge in [0, 0.05) is 29.1 Å². The SMILES string of the molecule is COc1nccn2c(-c3ccc(F)c(-c4ccc(F)cc4C#N)c3)cnc12. The number of halogens is 2. The molecule has 0 aliphatic heterocycles. The molecule has 2 aromatic heterocycles. The van der Waals surface area contributed by atoms with Crippen molar-refractivity contribution in [1.82, 2.24) is 14.4 Å². The van der Waals surface area contributed by atoms with Gasteiger partial charge in [-0.05, 0) is 30.3 Å². The van der Waals surface area contributed by atoms with Crippen molar-refractivity contribution in [2.24, 2.45) is 0 Å². The minimum Gasteiger partial charge on any atom is -0.478 e. The quantitative estimate of drug-likeness (QED) is 0.547. The zero-order valence-electron chi connectivity index (χ0n) is 14.1. The Morgan fingerprint density at radius 1 is 1.07 bits per heavy atom. The fourth-order valence-electron chi connectivity index (χ4n) is 2.99. The van der Waals surface area contributed by atoms with Crippen LogP contribution in [-0.4, -0.2) is 21.5 Å². The van der Waals surface area contributed by atoms with Gasteiger partial charge in [-0.15, -0.1) is 0 Å². The van der Waals surface area contributed by atoms with Crippen molar-refractivity contribution >= 4 is 5.65 Å². The molecule has 0 spiro atoms. The molecular weight excluding hydrogens is 350 g/mol. The third kappa shape index (κ3) is 2.77. The molecule has 5 nitrogen and oxygen atoms in total. The molecule has 7 heteroatoms. The number of fused-ring (bicyclic) bond motifs is 1. The summed E-state index contributed by atoms with van der Waals surface area (Å²) in [5.74, 6) is -0.681. The molecule has 27 heavy (non-hydrogen) atoms. The van der Waals surface area contributed by atoms with Gasteiger partial charge in [-0.2, -0.15) is 5.26 Å². The molecule has 0 saturated heterocycles. The zero-order valence-corrected chi connectivity index (χ0v) is 14.1. The number of methoxy groups -OCH3 is 1. The molecule has 0 unspecified atom stereocenters. The van der Waals surface area contributed by atoms with Crippen LogP contribution < -0.4 is 4.74 Å². The van der Waals surface area contributed by atoms with Crippen LogP contribution in [0, 0.1) is 23.0 Å². The van der Waals surface area contributed by atoms with Gasteiger partial charge < -0.3 is 4.74 Å². The average molecular weight is 362 g/mol. The van der Waals surface area contributed by atoms with E-state index in [1.165, 1.54) is 25.3 Å². The number of imidazole rings is 1. The van der Waals surface area contributed by atoms with Gasteiger partial charge in [-0.25, -0.2) is 18.7 Å². The van der Waals surface area contributed by atoms with Crippen molar-refractivity contribution in [3.05, 3.63) is 72.2 Å². The van der Waals surface area contributed by atoms with Crippen LogP contribution in [0.5, 0.6) is 5.88 Å². The molecule has 0 radical (unpaired) electrons. The maximum Gasteiger partial charge on any atom is 0.258 e. The van der Waals surface area contributed by atoms with Crippen LogP contribution in [0.25, 0.3) is 28.0 Å². The molecule has 0 atom stereocenters. The first-order valence-corrected chi connectivity index (χ1v) is 7.98. The summed E-state index contributed by atoms with van der Waals surface area (Å²) in [5.41, 5.74) is 2.51.